The smallest absolute Gasteiger partial charge is 0.264 e. The Morgan fingerprint density at radius 3 is 2.00 bits per heavy atom. The third kappa shape index (κ3) is 8.38. The number of hydrogen-bond donors (Lipinski definition) is 1. The first-order valence-corrected chi connectivity index (χ1v) is 17.0. The zero-order chi connectivity index (χ0) is 32.6. The van der Waals surface area contributed by atoms with E-state index in [1.54, 1.807) is 61.5 Å². The van der Waals surface area contributed by atoms with E-state index in [0.29, 0.717) is 39.2 Å². The number of anilines is 1. The molecule has 0 aliphatic rings. The molecule has 0 heterocycles. The topological polar surface area (TPSA) is 86.8 Å². The van der Waals surface area contributed by atoms with Crippen molar-refractivity contribution in [3.05, 3.63) is 129 Å². The standard InChI is InChI=1S/C34H34Cl3N3O4S/c1-3-20-38-34(42)32(21-25-12-6-4-7-13-25)39(22-27-29(36)17-10-18-30(27)37)33(41)23-40(31-19-11-16-28(35)24(31)2)45(43,44)26-14-8-5-9-15-26/h4-19,32H,3,20-23H2,1-2H3,(H,38,42). The van der Waals surface area contributed by atoms with Crippen molar-refractivity contribution in [1.29, 1.82) is 0 Å². The first-order valence-electron chi connectivity index (χ1n) is 14.4. The Kier molecular flexibility index (Phi) is 11.9. The van der Waals surface area contributed by atoms with Gasteiger partial charge in [-0.15, -0.1) is 0 Å². The fraction of sp³-hybridized carbons (Fsp3) is 0.235. The van der Waals surface area contributed by atoms with Crippen molar-refractivity contribution in [2.45, 2.75) is 44.2 Å². The summed E-state index contributed by atoms with van der Waals surface area (Å²) in [6.45, 7) is 3.26. The average Bonchev–Trinajstić information content (AvgIpc) is 3.03. The van der Waals surface area contributed by atoms with Gasteiger partial charge in [0.1, 0.15) is 12.6 Å². The molecular weight excluding hydrogens is 653 g/mol. The number of hydrogen-bond acceptors (Lipinski definition) is 4. The van der Waals surface area contributed by atoms with Crippen molar-refractivity contribution < 1.29 is 18.0 Å². The highest BCUT2D eigenvalue weighted by atomic mass is 35.5. The van der Waals surface area contributed by atoms with Gasteiger partial charge in [0.05, 0.1) is 10.6 Å². The summed E-state index contributed by atoms with van der Waals surface area (Å²) in [5.74, 6) is -1.01. The van der Waals surface area contributed by atoms with Crippen LogP contribution in [-0.4, -0.2) is 44.3 Å². The van der Waals surface area contributed by atoms with Gasteiger partial charge < -0.3 is 10.2 Å². The van der Waals surface area contributed by atoms with Crippen LogP contribution in [0.5, 0.6) is 0 Å². The zero-order valence-electron chi connectivity index (χ0n) is 24.9. The lowest BCUT2D eigenvalue weighted by molar-refractivity contribution is -0.140. The minimum Gasteiger partial charge on any atom is -0.354 e. The second-order valence-electron chi connectivity index (χ2n) is 10.4. The molecule has 7 nitrogen and oxygen atoms in total. The number of carbonyl (C=O) groups excluding carboxylic acids is 2. The largest absolute Gasteiger partial charge is 0.354 e. The lowest BCUT2D eigenvalue weighted by Crippen LogP contribution is -2.53. The predicted octanol–water partition coefficient (Wildman–Crippen LogP) is 7.32. The molecule has 0 bridgehead atoms. The number of benzene rings is 4. The van der Waals surface area contributed by atoms with Crippen molar-refractivity contribution in [1.82, 2.24) is 10.2 Å². The van der Waals surface area contributed by atoms with Crippen LogP contribution in [0.4, 0.5) is 5.69 Å². The van der Waals surface area contributed by atoms with Gasteiger partial charge in [-0.1, -0.05) is 102 Å². The summed E-state index contributed by atoms with van der Waals surface area (Å²) in [5.41, 5.74) is 1.97. The maximum absolute atomic E-state index is 14.6. The third-order valence-corrected chi connectivity index (χ3v) is 10.2. The molecule has 4 rings (SSSR count). The Labute approximate surface area is 279 Å². The Bertz CT molecular complexity index is 1720. The third-order valence-electron chi connectivity index (χ3n) is 7.33. The maximum atomic E-state index is 14.6. The fourth-order valence-electron chi connectivity index (χ4n) is 4.87. The van der Waals surface area contributed by atoms with Gasteiger partial charge in [-0.25, -0.2) is 8.42 Å². The Hall–Kier alpha value is -3.56. The van der Waals surface area contributed by atoms with Gasteiger partial charge in [-0.3, -0.25) is 13.9 Å². The highest BCUT2D eigenvalue weighted by molar-refractivity contribution is 7.92. The predicted molar refractivity (Wildman–Crippen MR) is 181 cm³/mol. The van der Waals surface area contributed by atoms with E-state index in [0.717, 1.165) is 9.87 Å². The molecule has 0 aromatic heterocycles. The van der Waals surface area contributed by atoms with Crippen LogP contribution in [0.25, 0.3) is 0 Å². The first-order chi connectivity index (χ1) is 21.5. The number of amides is 2. The van der Waals surface area contributed by atoms with Crippen molar-refractivity contribution >= 4 is 62.3 Å². The molecule has 236 valence electrons. The Morgan fingerprint density at radius 2 is 1.38 bits per heavy atom. The summed E-state index contributed by atoms with van der Waals surface area (Å²) in [4.78, 5) is 29.7. The minimum absolute atomic E-state index is 0.000557. The van der Waals surface area contributed by atoms with Crippen molar-refractivity contribution in [2.75, 3.05) is 17.4 Å². The highest BCUT2D eigenvalue weighted by Crippen LogP contribution is 2.32. The molecule has 1 atom stereocenters. The van der Waals surface area contributed by atoms with Gasteiger partial charge in [-0.05, 0) is 60.9 Å². The number of halogens is 3. The second-order valence-corrected chi connectivity index (χ2v) is 13.5. The van der Waals surface area contributed by atoms with Crippen LogP contribution in [0.1, 0.15) is 30.0 Å². The van der Waals surface area contributed by atoms with Crippen LogP contribution >= 0.6 is 34.8 Å². The average molecular weight is 687 g/mol. The molecule has 0 radical (unpaired) electrons. The molecule has 0 spiro atoms. The molecule has 0 aliphatic heterocycles. The van der Waals surface area contributed by atoms with Gasteiger partial charge >= 0.3 is 0 Å². The van der Waals surface area contributed by atoms with Crippen molar-refractivity contribution in [3.8, 4) is 0 Å². The second kappa shape index (κ2) is 15.6. The van der Waals surface area contributed by atoms with E-state index in [1.807, 2.05) is 37.3 Å². The summed E-state index contributed by atoms with van der Waals surface area (Å²) in [6, 6.07) is 26.0. The van der Waals surface area contributed by atoms with E-state index in [9.17, 15) is 18.0 Å². The summed E-state index contributed by atoms with van der Waals surface area (Å²) < 4.78 is 29.3. The summed E-state index contributed by atoms with van der Waals surface area (Å²) >= 11 is 19.5. The van der Waals surface area contributed by atoms with E-state index in [1.165, 1.54) is 17.0 Å². The number of nitrogens with zero attached hydrogens (tertiary/aromatic N) is 2. The van der Waals surface area contributed by atoms with E-state index in [4.69, 9.17) is 34.8 Å². The molecular formula is C34H34Cl3N3O4S. The first kappa shape index (κ1) is 34.3. The van der Waals surface area contributed by atoms with Crippen LogP contribution in [0.2, 0.25) is 15.1 Å². The van der Waals surface area contributed by atoms with Gasteiger partial charge in [-0.2, -0.15) is 0 Å². The molecule has 4 aromatic carbocycles. The van der Waals surface area contributed by atoms with Crippen molar-refractivity contribution in [2.24, 2.45) is 0 Å². The normalized spacial score (nSPS) is 11.9. The van der Waals surface area contributed by atoms with Gasteiger partial charge in [0.2, 0.25) is 11.8 Å². The highest BCUT2D eigenvalue weighted by Gasteiger charge is 2.35. The summed E-state index contributed by atoms with van der Waals surface area (Å²) in [5, 5.41) is 3.88. The summed E-state index contributed by atoms with van der Waals surface area (Å²) in [7, 11) is -4.26. The number of sulfonamides is 1. The fourth-order valence-corrected chi connectivity index (χ4v) is 7.05. The molecule has 0 saturated carbocycles. The molecule has 4 aromatic rings. The molecule has 0 fully saturated rings. The molecule has 11 heteroatoms. The van der Waals surface area contributed by atoms with E-state index < -0.39 is 28.5 Å². The van der Waals surface area contributed by atoms with Gasteiger partial charge in [0, 0.05) is 40.1 Å². The molecule has 0 saturated heterocycles. The molecule has 1 N–H and O–H groups in total. The molecule has 2 amide bonds. The van der Waals surface area contributed by atoms with Crippen LogP contribution < -0.4 is 9.62 Å². The summed E-state index contributed by atoms with van der Waals surface area (Å²) in [6.07, 6.45) is 0.858. The lowest BCUT2D eigenvalue weighted by atomic mass is 10.0. The van der Waals surface area contributed by atoms with Gasteiger partial charge in [0.15, 0.2) is 0 Å². The Balaban J connectivity index is 1.85. The monoisotopic (exact) mass is 685 g/mol. The zero-order valence-corrected chi connectivity index (χ0v) is 28.0. The minimum atomic E-state index is -4.26. The van der Waals surface area contributed by atoms with E-state index in [-0.39, 0.29) is 29.5 Å². The molecule has 0 aliphatic carbocycles. The van der Waals surface area contributed by atoms with Crippen LogP contribution in [-0.2, 0) is 32.6 Å². The van der Waals surface area contributed by atoms with Crippen LogP contribution in [0.3, 0.4) is 0 Å². The van der Waals surface area contributed by atoms with E-state index >= 15 is 0 Å². The Morgan fingerprint density at radius 1 is 0.800 bits per heavy atom. The number of carbonyl (C=O) groups is 2. The SMILES string of the molecule is CCCNC(=O)C(Cc1ccccc1)N(Cc1c(Cl)cccc1Cl)C(=O)CN(c1cccc(Cl)c1C)S(=O)(=O)c1ccccc1. The number of rotatable bonds is 13. The van der Waals surface area contributed by atoms with Gasteiger partial charge in [0.25, 0.3) is 10.0 Å². The van der Waals surface area contributed by atoms with E-state index in [2.05, 4.69) is 5.32 Å². The lowest BCUT2D eigenvalue weighted by Gasteiger charge is -2.34. The maximum Gasteiger partial charge on any atom is 0.264 e. The quantitative estimate of drug-likeness (QED) is 0.160. The molecule has 45 heavy (non-hydrogen) atoms. The number of nitrogens with one attached hydrogen (secondary N) is 1. The molecule has 1 unspecified atom stereocenters. The van der Waals surface area contributed by atoms with Crippen molar-refractivity contribution in [3.63, 3.8) is 0 Å². The van der Waals surface area contributed by atoms with Crippen LogP contribution in [0, 0.1) is 6.92 Å². The van der Waals surface area contributed by atoms with Crippen LogP contribution in [0.15, 0.2) is 102 Å².